The maximum absolute atomic E-state index is 12.2. The number of carbonyl (C=O) groups excluding carboxylic acids is 2. The van der Waals surface area contributed by atoms with Crippen LogP contribution in [0.2, 0.25) is 10.2 Å². The molecule has 2 rings (SSSR count). The quantitative estimate of drug-likeness (QED) is 0.843. The fourth-order valence-electron chi connectivity index (χ4n) is 1.91. The van der Waals surface area contributed by atoms with Gasteiger partial charge in [0.1, 0.15) is 0 Å². The summed E-state index contributed by atoms with van der Waals surface area (Å²) in [6.45, 7) is 0. The summed E-state index contributed by atoms with van der Waals surface area (Å²) in [5.41, 5.74) is 0.612. The lowest BCUT2D eigenvalue weighted by Gasteiger charge is -2.18. The molecule has 0 spiro atoms. The number of nitrogens with one attached hydrogen (secondary N) is 1. The number of hydrogen-bond donors (Lipinski definition) is 1. The van der Waals surface area contributed by atoms with Gasteiger partial charge in [0.15, 0.2) is 11.0 Å². The van der Waals surface area contributed by atoms with Crippen LogP contribution in [-0.2, 0) is 9.53 Å². The van der Waals surface area contributed by atoms with Crippen LogP contribution in [0.3, 0.4) is 0 Å². The third kappa shape index (κ3) is 4.02. The zero-order valence-corrected chi connectivity index (χ0v) is 13.1. The Morgan fingerprint density at radius 2 is 1.95 bits per heavy atom. The largest absolute Gasteiger partial charge is 0.469 e. The molecule has 1 heterocycles. The number of carbonyl (C=O) groups is 2. The maximum atomic E-state index is 12.2. The van der Waals surface area contributed by atoms with Gasteiger partial charge in [-0.2, -0.15) is 0 Å². The van der Waals surface area contributed by atoms with E-state index in [-0.39, 0.29) is 17.4 Å². The molecule has 2 aromatic rings. The molecule has 1 atom stereocenters. The van der Waals surface area contributed by atoms with Gasteiger partial charge in [-0.1, -0.05) is 29.8 Å². The number of benzene rings is 1. The van der Waals surface area contributed by atoms with Gasteiger partial charge in [-0.15, -0.1) is 0 Å². The molecule has 0 aliphatic carbocycles. The normalized spacial score (nSPS) is 11.8. The zero-order valence-electron chi connectivity index (χ0n) is 11.6. The monoisotopic (exact) mass is 341 g/mol. The van der Waals surface area contributed by atoms with Crippen LogP contribution < -0.4 is 5.32 Å². The van der Waals surface area contributed by atoms with Crippen LogP contribution in [0.4, 0.5) is 0 Å². The zero-order chi connectivity index (χ0) is 16.1. The van der Waals surface area contributed by atoms with Crippen molar-refractivity contribution in [1.82, 2.24) is 5.32 Å². The predicted molar refractivity (Wildman–Crippen MR) is 82.0 cm³/mol. The van der Waals surface area contributed by atoms with Crippen LogP contribution in [0, 0.1) is 0 Å². The van der Waals surface area contributed by atoms with Crippen molar-refractivity contribution >= 4 is 35.1 Å². The molecule has 0 aliphatic heterocycles. The van der Waals surface area contributed by atoms with Crippen molar-refractivity contribution in [2.45, 2.75) is 12.5 Å². The molecule has 116 valence electrons. The summed E-state index contributed by atoms with van der Waals surface area (Å²) >= 11 is 11.8. The van der Waals surface area contributed by atoms with Crippen LogP contribution >= 0.6 is 23.2 Å². The van der Waals surface area contributed by atoms with E-state index < -0.39 is 17.9 Å². The van der Waals surface area contributed by atoms with E-state index in [4.69, 9.17) is 27.6 Å². The first-order valence-corrected chi connectivity index (χ1v) is 7.14. The summed E-state index contributed by atoms with van der Waals surface area (Å²) in [4.78, 5) is 23.7. The van der Waals surface area contributed by atoms with Crippen LogP contribution in [0.1, 0.15) is 28.6 Å². The highest BCUT2D eigenvalue weighted by molar-refractivity contribution is 6.31. The first kappa shape index (κ1) is 16.4. The van der Waals surface area contributed by atoms with Crippen LogP contribution in [0.15, 0.2) is 40.8 Å². The molecule has 0 aliphatic rings. The molecule has 0 bridgehead atoms. The fourth-order valence-corrected chi connectivity index (χ4v) is 2.33. The van der Waals surface area contributed by atoms with Crippen molar-refractivity contribution in [3.8, 4) is 0 Å². The Labute approximate surface area is 137 Å². The van der Waals surface area contributed by atoms with E-state index in [2.05, 4.69) is 10.1 Å². The maximum Gasteiger partial charge on any atom is 0.307 e. The number of furan rings is 1. The minimum Gasteiger partial charge on any atom is -0.469 e. The molecule has 0 fully saturated rings. The van der Waals surface area contributed by atoms with E-state index in [1.54, 1.807) is 24.3 Å². The summed E-state index contributed by atoms with van der Waals surface area (Å²) < 4.78 is 9.70. The van der Waals surface area contributed by atoms with Gasteiger partial charge >= 0.3 is 5.97 Å². The van der Waals surface area contributed by atoms with Crippen molar-refractivity contribution in [2.24, 2.45) is 0 Å². The second-order valence-corrected chi connectivity index (χ2v) is 5.21. The lowest BCUT2D eigenvalue weighted by molar-refractivity contribution is -0.141. The summed E-state index contributed by atoms with van der Waals surface area (Å²) in [5, 5.41) is 3.24. The lowest BCUT2D eigenvalue weighted by atomic mass is 10.0. The number of hydrogen-bond acceptors (Lipinski definition) is 4. The van der Waals surface area contributed by atoms with Crippen molar-refractivity contribution in [3.05, 3.63) is 58.0 Å². The van der Waals surface area contributed by atoms with Gasteiger partial charge in [-0.3, -0.25) is 9.59 Å². The second-order valence-electron chi connectivity index (χ2n) is 4.43. The van der Waals surface area contributed by atoms with Crippen molar-refractivity contribution in [1.29, 1.82) is 0 Å². The number of methoxy groups -OCH3 is 1. The molecule has 0 radical (unpaired) electrons. The molecule has 7 heteroatoms. The molecule has 22 heavy (non-hydrogen) atoms. The Morgan fingerprint density at radius 1 is 1.23 bits per heavy atom. The molecule has 1 amide bonds. The third-order valence-corrected chi connectivity index (χ3v) is 3.53. The topological polar surface area (TPSA) is 68.5 Å². The van der Waals surface area contributed by atoms with Crippen LogP contribution in [-0.4, -0.2) is 19.0 Å². The first-order valence-electron chi connectivity index (χ1n) is 6.38. The van der Waals surface area contributed by atoms with Crippen LogP contribution in [0.25, 0.3) is 0 Å². The van der Waals surface area contributed by atoms with Gasteiger partial charge in [-0.25, -0.2) is 0 Å². The van der Waals surface area contributed by atoms with E-state index in [0.29, 0.717) is 10.6 Å². The Balaban J connectivity index is 2.23. The average molecular weight is 342 g/mol. The average Bonchev–Trinajstić information content (AvgIpc) is 2.93. The van der Waals surface area contributed by atoms with Gasteiger partial charge in [0, 0.05) is 5.02 Å². The van der Waals surface area contributed by atoms with Gasteiger partial charge < -0.3 is 14.5 Å². The van der Waals surface area contributed by atoms with Gasteiger partial charge in [0.2, 0.25) is 0 Å². The van der Waals surface area contributed by atoms with Gasteiger partial charge in [0.25, 0.3) is 5.91 Å². The molecule has 1 unspecified atom stereocenters. The van der Waals surface area contributed by atoms with E-state index in [0.717, 1.165) is 0 Å². The van der Waals surface area contributed by atoms with E-state index in [1.807, 2.05) is 0 Å². The Bertz CT molecular complexity index is 684. The van der Waals surface area contributed by atoms with Gasteiger partial charge in [0.05, 0.1) is 19.6 Å². The summed E-state index contributed by atoms with van der Waals surface area (Å²) in [5.74, 6) is -0.921. The Kier molecular flexibility index (Phi) is 5.46. The summed E-state index contributed by atoms with van der Waals surface area (Å²) in [7, 11) is 1.28. The highest BCUT2D eigenvalue weighted by atomic mass is 35.5. The minimum absolute atomic E-state index is 0.0481. The molecular weight excluding hydrogens is 329 g/mol. The molecule has 0 saturated heterocycles. The first-order chi connectivity index (χ1) is 10.5. The second kappa shape index (κ2) is 7.33. The third-order valence-electron chi connectivity index (χ3n) is 2.98. The number of rotatable bonds is 5. The van der Waals surface area contributed by atoms with Gasteiger partial charge in [-0.05, 0) is 35.4 Å². The molecular formula is C15H13Cl2NO4. The number of esters is 1. The molecule has 0 saturated carbocycles. The highest BCUT2D eigenvalue weighted by Gasteiger charge is 2.23. The van der Waals surface area contributed by atoms with E-state index in [9.17, 15) is 9.59 Å². The standard InChI is InChI=1S/C15H13Cl2NO4/c1-21-14(19)8-11(9-4-2-3-5-10(9)16)18-15(20)12-6-7-13(17)22-12/h2-7,11H,8H2,1H3,(H,18,20). The van der Waals surface area contributed by atoms with E-state index in [1.165, 1.54) is 19.2 Å². The highest BCUT2D eigenvalue weighted by Crippen LogP contribution is 2.26. The van der Waals surface area contributed by atoms with Crippen molar-refractivity contribution in [3.63, 3.8) is 0 Å². The van der Waals surface area contributed by atoms with E-state index >= 15 is 0 Å². The molecule has 5 nitrogen and oxygen atoms in total. The van der Waals surface area contributed by atoms with Crippen LogP contribution in [0.5, 0.6) is 0 Å². The number of ether oxygens (including phenoxy) is 1. The fraction of sp³-hybridized carbons (Fsp3) is 0.200. The SMILES string of the molecule is COC(=O)CC(NC(=O)c1ccc(Cl)o1)c1ccccc1Cl. The Hall–Kier alpha value is -1.98. The Morgan fingerprint density at radius 3 is 2.55 bits per heavy atom. The lowest BCUT2D eigenvalue weighted by Crippen LogP contribution is -2.30. The molecule has 1 aromatic carbocycles. The van der Waals surface area contributed by atoms with Crippen molar-refractivity contribution in [2.75, 3.05) is 7.11 Å². The smallest absolute Gasteiger partial charge is 0.307 e. The molecule has 1 aromatic heterocycles. The number of amides is 1. The predicted octanol–water partition coefficient (Wildman–Crippen LogP) is 3.62. The van der Waals surface area contributed by atoms with Crippen molar-refractivity contribution < 1.29 is 18.7 Å². The minimum atomic E-state index is -0.641. The summed E-state index contributed by atoms with van der Waals surface area (Å²) in [6, 6.07) is 9.19. The number of halogens is 2. The summed E-state index contributed by atoms with van der Waals surface area (Å²) in [6.07, 6.45) is -0.0551. The molecule has 1 N–H and O–H groups in total.